The predicted molar refractivity (Wildman–Crippen MR) is 76.6 cm³/mol. The smallest absolute Gasteiger partial charge is 0.325 e. The normalized spacial score (nSPS) is 16.3. The van der Waals surface area contributed by atoms with Crippen LogP contribution in [-0.4, -0.2) is 41.5 Å². The van der Waals surface area contributed by atoms with Crippen molar-refractivity contribution < 1.29 is 14.3 Å². The fourth-order valence-corrected chi connectivity index (χ4v) is 2.57. The average Bonchev–Trinajstić information content (AvgIpc) is 2.26. The van der Waals surface area contributed by atoms with Gasteiger partial charge in [-0.15, -0.1) is 0 Å². The summed E-state index contributed by atoms with van der Waals surface area (Å²) in [5, 5.41) is 0. The molecule has 0 saturated heterocycles. The van der Waals surface area contributed by atoms with Crippen molar-refractivity contribution in [3.8, 4) is 0 Å². The highest BCUT2D eigenvalue weighted by molar-refractivity contribution is 7.80. The molecule has 1 aliphatic rings. The van der Waals surface area contributed by atoms with Gasteiger partial charge in [-0.3, -0.25) is 9.59 Å². The van der Waals surface area contributed by atoms with Gasteiger partial charge in [0.15, 0.2) is 0 Å². The fourth-order valence-electron chi connectivity index (χ4n) is 2.28. The maximum atomic E-state index is 12.6. The minimum atomic E-state index is -0.725. The van der Waals surface area contributed by atoms with Crippen LogP contribution < -0.4 is 5.73 Å². The van der Waals surface area contributed by atoms with Crippen LogP contribution in [0.2, 0.25) is 0 Å². The van der Waals surface area contributed by atoms with E-state index >= 15 is 0 Å². The third-order valence-corrected chi connectivity index (χ3v) is 3.88. The summed E-state index contributed by atoms with van der Waals surface area (Å²) in [5.41, 5.74) is 5.00. The lowest BCUT2D eigenvalue weighted by Gasteiger charge is -2.42. The largest absolute Gasteiger partial charge is 0.465 e. The maximum Gasteiger partial charge on any atom is 0.325 e. The van der Waals surface area contributed by atoms with E-state index in [4.69, 9.17) is 22.7 Å². The summed E-state index contributed by atoms with van der Waals surface area (Å²) in [4.78, 5) is 25.9. The molecule has 0 aromatic carbocycles. The molecule has 0 aliphatic heterocycles. The summed E-state index contributed by atoms with van der Waals surface area (Å²) in [6.45, 7) is 4.51. The quantitative estimate of drug-likeness (QED) is 0.563. The monoisotopic (exact) mass is 286 g/mol. The van der Waals surface area contributed by atoms with Crippen LogP contribution in [0.3, 0.4) is 0 Å². The summed E-state index contributed by atoms with van der Waals surface area (Å²) in [5.74, 6) is -0.511. The standard InChI is InChI=1S/C13H22N2O3S/c1-3-8-15(9-10(16)18-4-2)12(17)13(11(14)19)6-5-7-13/h3-9H2,1-2H3,(H2,14,19). The minimum absolute atomic E-state index is 0.0229. The van der Waals surface area contributed by atoms with Crippen LogP contribution in [-0.2, 0) is 14.3 Å². The number of carbonyl (C=O) groups excluding carboxylic acids is 2. The molecule has 1 fully saturated rings. The number of amides is 1. The summed E-state index contributed by atoms with van der Waals surface area (Å²) in [7, 11) is 0. The topological polar surface area (TPSA) is 72.6 Å². The van der Waals surface area contributed by atoms with E-state index in [1.165, 1.54) is 4.90 Å². The summed E-state index contributed by atoms with van der Waals surface area (Å²) in [6, 6.07) is 0. The Kier molecular flexibility index (Phi) is 5.72. The van der Waals surface area contributed by atoms with Gasteiger partial charge >= 0.3 is 5.97 Å². The van der Waals surface area contributed by atoms with Gasteiger partial charge in [-0.1, -0.05) is 25.6 Å². The first kappa shape index (κ1) is 15.9. The van der Waals surface area contributed by atoms with Crippen LogP contribution in [0.4, 0.5) is 0 Å². The number of nitrogens with zero attached hydrogens (tertiary/aromatic N) is 1. The predicted octanol–water partition coefficient (Wildman–Crippen LogP) is 1.24. The van der Waals surface area contributed by atoms with Gasteiger partial charge in [0.2, 0.25) is 5.91 Å². The number of carbonyl (C=O) groups is 2. The Morgan fingerprint density at radius 3 is 2.37 bits per heavy atom. The van der Waals surface area contributed by atoms with E-state index in [0.29, 0.717) is 26.0 Å². The Morgan fingerprint density at radius 1 is 1.37 bits per heavy atom. The molecule has 0 atom stereocenters. The van der Waals surface area contributed by atoms with Gasteiger partial charge in [0.05, 0.1) is 17.0 Å². The zero-order valence-corrected chi connectivity index (χ0v) is 12.4. The van der Waals surface area contributed by atoms with Crippen molar-refractivity contribution in [3.05, 3.63) is 0 Å². The fraction of sp³-hybridized carbons (Fsp3) is 0.769. The molecule has 0 unspecified atom stereocenters. The molecular formula is C13H22N2O3S. The van der Waals surface area contributed by atoms with Crippen LogP contribution in [0.15, 0.2) is 0 Å². The molecule has 1 amide bonds. The van der Waals surface area contributed by atoms with Crippen molar-refractivity contribution in [2.45, 2.75) is 39.5 Å². The third kappa shape index (κ3) is 3.43. The first-order valence-electron chi connectivity index (χ1n) is 6.72. The van der Waals surface area contributed by atoms with Crippen LogP contribution in [0.5, 0.6) is 0 Å². The van der Waals surface area contributed by atoms with E-state index < -0.39 is 5.41 Å². The number of ether oxygens (including phenoxy) is 1. The minimum Gasteiger partial charge on any atom is -0.465 e. The second kappa shape index (κ2) is 6.84. The zero-order valence-electron chi connectivity index (χ0n) is 11.6. The lowest BCUT2D eigenvalue weighted by molar-refractivity contribution is -0.153. The maximum absolute atomic E-state index is 12.6. The second-order valence-electron chi connectivity index (χ2n) is 4.83. The van der Waals surface area contributed by atoms with Gasteiger partial charge in [0, 0.05) is 6.54 Å². The Hall–Kier alpha value is -1.17. The number of hydrogen-bond acceptors (Lipinski definition) is 4. The molecule has 19 heavy (non-hydrogen) atoms. The molecule has 108 valence electrons. The van der Waals surface area contributed by atoms with Gasteiger partial charge in [-0.05, 0) is 26.2 Å². The molecule has 1 rings (SSSR count). The summed E-state index contributed by atoms with van der Waals surface area (Å²) >= 11 is 5.04. The zero-order chi connectivity index (χ0) is 14.5. The molecule has 6 heteroatoms. The van der Waals surface area contributed by atoms with Gasteiger partial charge in [-0.25, -0.2) is 0 Å². The van der Waals surface area contributed by atoms with Crippen molar-refractivity contribution in [2.75, 3.05) is 19.7 Å². The van der Waals surface area contributed by atoms with E-state index in [2.05, 4.69) is 0 Å². The number of esters is 1. The van der Waals surface area contributed by atoms with E-state index in [1.807, 2.05) is 6.92 Å². The molecule has 1 saturated carbocycles. The molecule has 0 aromatic rings. The second-order valence-corrected chi connectivity index (χ2v) is 5.27. The van der Waals surface area contributed by atoms with E-state index in [0.717, 1.165) is 12.8 Å². The molecule has 2 N–H and O–H groups in total. The molecule has 1 aliphatic carbocycles. The van der Waals surface area contributed by atoms with Crippen LogP contribution in [0.1, 0.15) is 39.5 Å². The van der Waals surface area contributed by atoms with Crippen LogP contribution in [0, 0.1) is 5.41 Å². The first-order chi connectivity index (χ1) is 8.97. The van der Waals surface area contributed by atoms with Gasteiger partial charge in [-0.2, -0.15) is 0 Å². The highest BCUT2D eigenvalue weighted by Crippen LogP contribution is 2.42. The Morgan fingerprint density at radius 2 is 2.00 bits per heavy atom. The molecule has 0 radical (unpaired) electrons. The lowest BCUT2D eigenvalue weighted by atomic mass is 9.67. The van der Waals surface area contributed by atoms with Gasteiger partial charge < -0.3 is 15.4 Å². The molecular weight excluding hydrogens is 264 g/mol. The van der Waals surface area contributed by atoms with Crippen LogP contribution >= 0.6 is 12.2 Å². The third-order valence-electron chi connectivity index (χ3n) is 3.49. The number of rotatable bonds is 7. The number of hydrogen-bond donors (Lipinski definition) is 1. The lowest BCUT2D eigenvalue weighted by Crippen LogP contribution is -2.55. The van der Waals surface area contributed by atoms with Gasteiger partial charge in [0.1, 0.15) is 6.54 Å². The highest BCUT2D eigenvalue weighted by Gasteiger charge is 2.49. The van der Waals surface area contributed by atoms with Crippen molar-refractivity contribution in [1.82, 2.24) is 4.90 Å². The molecule has 0 spiro atoms. The first-order valence-corrected chi connectivity index (χ1v) is 7.13. The molecule has 0 aromatic heterocycles. The summed E-state index contributed by atoms with van der Waals surface area (Å²) in [6.07, 6.45) is 3.09. The molecule has 0 bridgehead atoms. The Labute approximate surface area is 119 Å². The average molecular weight is 286 g/mol. The van der Waals surface area contributed by atoms with E-state index in [9.17, 15) is 9.59 Å². The van der Waals surface area contributed by atoms with Crippen molar-refractivity contribution in [2.24, 2.45) is 11.1 Å². The SMILES string of the molecule is CCCN(CC(=O)OCC)C(=O)C1(C(N)=S)CCC1. The van der Waals surface area contributed by atoms with E-state index in [-0.39, 0.29) is 23.4 Å². The Balaban J connectivity index is 2.77. The number of thiocarbonyl (C=S) groups is 1. The van der Waals surface area contributed by atoms with E-state index in [1.54, 1.807) is 6.92 Å². The Bertz CT molecular complexity index is 367. The summed E-state index contributed by atoms with van der Waals surface area (Å²) < 4.78 is 4.90. The molecule has 5 nitrogen and oxygen atoms in total. The van der Waals surface area contributed by atoms with Crippen molar-refractivity contribution in [3.63, 3.8) is 0 Å². The van der Waals surface area contributed by atoms with Crippen molar-refractivity contribution in [1.29, 1.82) is 0 Å². The number of nitrogens with two attached hydrogens (primary N) is 1. The highest BCUT2D eigenvalue weighted by atomic mass is 32.1. The van der Waals surface area contributed by atoms with Gasteiger partial charge in [0.25, 0.3) is 0 Å². The van der Waals surface area contributed by atoms with Crippen LogP contribution in [0.25, 0.3) is 0 Å². The van der Waals surface area contributed by atoms with Crippen molar-refractivity contribution >= 4 is 29.1 Å². The molecule has 0 heterocycles.